The number of likely N-dealkylation sites (tertiary alicyclic amines) is 1. The first-order valence-electron chi connectivity index (χ1n) is 8.87. The average Bonchev–Trinajstić information content (AvgIpc) is 2.67. The number of oxime groups is 1. The number of hydrogen-bond acceptors (Lipinski definition) is 7. The van der Waals surface area contributed by atoms with E-state index in [1.54, 1.807) is 12.1 Å². The van der Waals surface area contributed by atoms with Gasteiger partial charge in [-0.25, -0.2) is 9.59 Å². The number of nitrogens with zero attached hydrogens (tertiary/aromatic N) is 3. The number of carboxylic acids is 2. The lowest BCUT2D eigenvalue weighted by Crippen LogP contribution is -2.38. The van der Waals surface area contributed by atoms with Crippen molar-refractivity contribution in [1.82, 2.24) is 4.90 Å². The number of carboxylic acid groups (broad SMARTS) is 2. The fourth-order valence-electron chi connectivity index (χ4n) is 2.44. The summed E-state index contributed by atoms with van der Waals surface area (Å²) in [5.41, 5.74) is 0.472. The summed E-state index contributed by atoms with van der Waals surface area (Å²) in [5.74, 6) is -2.51. The molecule has 0 saturated carbocycles. The molecule has 0 aromatic carbocycles. The highest BCUT2D eigenvalue weighted by atomic mass is 35.5. The van der Waals surface area contributed by atoms with Gasteiger partial charge in [0.25, 0.3) is 0 Å². The van der Waals surface area contributed by atoms with Gasteiger partial charge in [-0.3, -0.25) is 0 Å². The predicted molar refractivity (Wildman–Crippen MR) is 108 cm³/mol. The molecule has 1 aromatic rings. The van der Waals surface area contributed by atoms with Crippen molar-refractivity contribution in [3.8, 4) is 0 Å². The third-order valence-electron chi connectivity index (χ3n) is 3.71. The van der Waals surface area contributed by atoms with Crippen molar-refractivity contribution in [2.24, 2.45) is 5.16 Å². The van der Waals surface area contributed by atoms with Crippen LogP contribution in [-0.2, 0) is 14.4 Å². The number of piperidine rings is 1. The number of aliphatic carboxylic acids is 2. The molecule has 12 heteroatoms. The Morgan fingerprint density at radius 1 is 1.27 bits per heavy atom. The number of carbonyl (C=O) groups is 2. The third-order valence-corrected chi connectivity index (χ3v) is 4.00. The monoisotopic (exact) mass is 447 g/mol. The van der Waals surface area contributed by atoms with Crippen molar-refractivity contribution < 1.29 is 40.0 Å². The van der Waals surface area contributed by atoms with Gasteiger partial charge in [0.05, 0.1) is 5.56 Å². The van der Waals surface area contributed by atoms with Crippen LogP contribution in [0.2, 0.25) is 0 Å². The van der Waals surface area contributed by atoms with Crippen LogP contribution in [0, 0.1) is 5.21 Å². The zero-order valence-corrected chi connectivity index (χ0v) is 16.9. The number of halogens is 1. The molecule has 11 nitrogen and oxygen atoms in total. The van der Waals surface area contributed by atoms with Gasteiger partial charge in [0.2, 0.25) is 0 Å². The predicted octanol–water partition coefficient (Wildman–Crippen LogP) is -0.0291. The van der Waals surface area contributed by atoms with Crippen LogP contribution in [-0.4, -0.2) is 75.2 Å². The van der Waals surface area contributed by atoms with Crippen LogP contribution in [0.3, 0.4) is 0 Å². The lowest BCUT2D eigenvalue weighted by atomic mass is 10.1. The van der Waals surface area contributed by atoms with E-state index in [0.29, 0.717) is 29.0 Å². The largest absolute Gasteiger partial charge is 0.619 e. The molecule has 0 bridgehead atoms. The molecule has 1 saturated heterocycles. The Morgan fingerprint density at radius 3 is 2.40 bits per heavy atom. The number of aromatic nitrogens is 1. The minimum atomic E-state index is -1.26. The van der Waals surface area contributed by atoms with E-state index in [4.69, 9.17) is 26.7 Å². The Balaban J connectivity index is 0.000000801. The van der Waals surface area contributed by atoms with Crippen molar-refractivity contribution in [1.29, 1.82) is 0 Å². The number of aliphatic hydroxyl groups excluding tert-OH is 1. The maximum absolute atomic E-state index is 11.1. The molecule has 5 N–H and O–H groups in total. The molecule has 1 aliphatic heterocycles. The third kappa shape index (κ3) is 12.7. The second kappa shape index (κ2) is 15.2. The molecule has 0 radical (unpaired) electrons. The van der Waals surface area contributed by atoms with Crippen LogP contribution in [0.15, 0.2) is 41.8 Å². The molecular formula is C18H26ClN3O8. The van der Waals surface area contributed by atoms with E-state index in [1.807, 2.05) is 0 Å². The molecule has 1 fully saturated rings. The second-order valence-electron chi connectivity index (χ2n) is 6.16. The molecule has 1 atom stereocenters. The van der Waals surface area contributed by atoms with Crippen molar-refractivity contribution in [3.05, 3.63) is 47.4 Å². The lowest BCUT2D eigenvalue weighted by Gasteiger charge is -2.27. The van der Waals surface area contributed by atoms with Gasteiger partial charge in [0.1, 0.15) is 12.7 Å². The van der Waals surface area contributed by atoms with Crippen LogP contribution in [0.4, 0.5) is 0 Å². The van der Waals surface area contributed by atoms with Gasteiger partial charge in [-0.1, -0.05) is 23.2 Å². The Morgan fingerprint density at radius 2 is 1.87 bits per heavy atom. The highest BCUT2D eigenvalue weighted by Crippen LogP contribution is 2.09. The molecule has 1 aromatic heterocycles. The fraction of sp³-hybridized carbons (Fsp3) is 0.444. The van der Waals surface area contributed by atoms with E-state index in [-0.39, 0.29) is 17.3 Å². The van der Waals surface area contributed by atoms with E-state index < -0.39 is 18.0 Å². The highest BCUT2D eigenvalue weighted by Gasteiger charge is 2.15. The number of β-amino-alcohol motifs (C(OH)–C–C–N with tert-alkyl or cyclic N) is 1. The Labute approximate surface area is 178 Å². The standard InChI is InChI=1S/C14H20ClN3O3.C4H4O4.H2O/c15-14(12-5-4-8-18(20)9-12)16-21-11-13(19)10-17-6-2-1-3-7-17;5-3(6)1-2-4(7)8;/h4-5,8-9,13,19H,1-3,6-7,10-11H2;1-2H,(H,5,6)(H,7,8);1H2/b16-14-;2-1+;. The van der Waals surface area contributed by atoms with E-state index in [0.717, 1.165) is 13.1 Å². The molecular weight excluding hydrogens is 422 g/mol. The number of pyridine rings is 1. The average molecular weight is 448 g/mol. The Kier molecular flexibility index (Phi) is 13.8. The molecule has 2 rings (SSSR count). The normalized spacial score (nSPS) is 15.5. The zero-order chi connectivity index (χ0) is 21.6. The summed E-state index contributed by atoms with van der Waals surface area (Å²) in [6.07, 6.45) is 6.80. The zero-order valence-electron chi connectivity index (χ0n) is 16.2. The lowest BCUT2D eigenvalue weighted by molar-refractivity contribution is -0.605. The molecule has 1 unspecified atom stereocenters. The quantitative estimate of drug-likeness (QED) is 0.163. The van der Waals surface area contributed by atoms with Gasteiger partial charge in [0.15, 0.2) is 17.6 Å². The van der Waals surface area contributed by atoms with Crippen LogP contribution in [0.25, 0.3) is 0 Å². The van der Waals surface area contributed by atoms with Crippen LogP contribution in [0.1, 0.15) is 24.8 Å². The first-order chi connectivity index (χ1) is 13.8. The minimum absolute atomic E-state index is 0. The van der Waals surface area contributed by atoms with Gasteiger partial charge in [-0.2, -0.15) is 4.73 Å². The van der Waals surface area contributed by atoms with Crippen LogP contribution >= 0.6 is 11.6 Å². The van der Waals surface area contributed by atoms with Gasteiger partial charge < -0.3 is 35.7 Å². The first kappa shape index (κ1) is 27.3. The van der Waals surface area contributed by atoms with E-state index in [9.17, 15) is 19.9 Å². The summed E-state index contributed by atoms with van der Waals surface area (Å²) >= 11 is 5.93. The maximum atomic E-state index is 11.1. The van der Waals surface area contributed by atoms with Crippen LogP contribution < -0.4 is 4.73 Å². The van der Waals surface area contributed by atoms with Crippen molar-refractivity contribution in [3.63, 3.8) is 0 Å². The summed E-state index contributed by atoms with van der Waals surface area (Å²) in [6, 6.07) is 3.24. The van der Waals surface area contributed by atoms with Gasteiger partial charge in [-0.15, -0.1) is 0 Å². The number of hydrogen-bond donors (Lipinski definition) is 3. The summed E-state index contributed by atoms with van der Waals surface area (Å²) < 4.78 is 0.637. The molecule has 0 spiro atoms. The topological polar surface area (TPSA) is 178 Å². The van der Waals surface area contributed by atoms with Gasteiger partial charge in [0, 0.05) is 24.8 Å². The second-order valence-corrected chi connectivity index (χ2v) is 6.51. The summed E-state index contributed by atoms with van der Waals surface area (Å²) in [5, 5.41) is 40.4. The summed E-state index contributed by atoms with van der Waals surface area (Å²) in [6.45, 7) is 2.71. The van der Waals surface area contributed by atoms with E-state index in [1.165, 1.54) is 31.7 Å². The van der Waals surface area contributed by atoms with Gasteiger partial charge >= 0.3 is 11.9 Å². The highest BCUT2D eigenvalue weighted by molar-refractivity contribution is 6.69. The fourth-order valence-corrected chi connectivity index (χ4v) is 2.61. The number of rotatable bonds is 8. The molecule has 0 amide bonds. The summed E-state index contributed by atoms with van der Waals surface area (Å²) in [7, 11) is 0. The summed E-state index contributed by atoms with van der Waals surface area (Å²) in [4.78, 5) is 26.4. The smallest absolute Gasteiger partial charge is 0.328 e. The SMILES string of the molecule is O.O=C(O)/C=C/C(=O)O.[O-][n+]1cccc(/C(Cl)=N/OCC(O)CN2CCCCC2)c1. The van der Waals surface area contributed by atoms with Crippen molar-refractivity contribution in [2.75, 3.05) is 26.2 Å². The Hall–Kier alpha value is -2.73. The molecule has 168 valence electrons. The van der Waals surface area contributed by atoms with Crippen LogP contribution in [0.5, 0.6) is 0 Å². The van der Waals surface area contributed by atoms with Crippen molar-refractivity contribution in [2.45, 2.75) is 25.4 Å². The molecule has 2 heterocycles. The van der Waals surface area contributed by atoms with Crippen molar-refractivity contribution >= 4 is 28.7 Å². The first-order valence-corrected chi connectivity index (χ1v) is 9.24. The minimum Gasteiger partial charge on any atom is -0.619 e. The molecule has 1 aliphatic rings. The van der Waals surface area contributed by atoms with E-state index in [2.05, 4.69) is 10.1 Å². The van der Waals surface area contributed by atoms with E-state index >= 15 is 0 Å². The van der Waals surface area contributed by atoms with Gasteiger partial charge in [-0.05, 0) is 32.0 Å². The Bertz CT molecular complexity index is 707. The molecule has 0 aliphatic carbocycles. The number of aliphatic hydroxyl groups is 1. The maximum Gasteiger partial charge on any atom is 0.328 e. The molecule has 30 heavy (non-hydrogen) atoms.